The molecule has 1 aliphatic heterocycles. The second-order valence-electron chi connectivity index (χ2n) is 7.61. The molecular formula is C25H22ClN3O2. The predicted molar refractivity (Wildman–Crippen MR) is 126 cm³/mol. The fraction of sp³-hybridized carbons (Fsp3) is 0.120. The SMILES string of the molecule is Cc1ccc(C2=C(Nc3ccc(N(C)C)cc3)C(=O)N(c3cccc(Cl)c3)C2=O)cc1. The van der Waals surface area contributed by atoms with Crippen LogP contribution in [0.15, 0.2) is 78.5 Å². The van der Waals surface area contributed by atoms with Gasteiger partial charge in [0.05, 0.1) is 11.3 Å². The third-order valence-corrected chi connectivity index (χ3v) is 5.38. The molecular weight excluding hydrogens is 410 g/mol. The minimum absolute atomic E-state index is 0.242. The second-order valence-corrected chi connectivity index (χ2v) is 8.04. The molecule has 0 spiro atoms. The van der Waals surface area contributed by atoms with Gasteiger partial charge in [-0.3, -0.25) is 9.59 Å². The minimum atomic E-state index is -0.417. The summed E-state index contributed by atoms with van der Waals surface area (Å²) < 4.78 is 0. The average molecular weight is 432 g/mol. The largest absolute Gasteiger partial charge is 0.378 e. The van der Waals surface area contributed by atoms with E-state index in [9.17, 15) is 9.59 Å². The molecule has 1 heterocycles. The smallest absolute Gasteiger partial charge is 0.282 e. The number of carbonyl (C=O) groups is 2. The highest BCUT2D eigenvalue weighted by molar-refractivity contribution is 6.46. The Kier molecular flexibility index (Phi) is 5.53. The lowest BCUT2D eigenvalue weighted by molar-refractivity contribution is -0.120. The molecule has 1 N–H and O–H groups in total. The van der Waals surface area contributed by atoms with Crippen LogP contribution in [-0.4, -0.2) is 25.9 Å². The number of rotatable bonds is 5. The number of halogens is 1. The molecule has 31 heavy (non-hydrogen) atoms. The lowest BCUT2D eigenvalue weighted by Gasteiger charge is -2.16. The van der Waals surface area contributed by atoms with E-state index < -0.39 is 5.91 Å². The highest BCUT2D eigenvalue weighted by Gasteiger charge is 2.40. The Balaban J connectivity index is 1.78. The summed E-state index contributed by atoms with van der Waals surface area (Å²) in [5.41, 5.74) is 4.52. The van der Waals surface area contributed by atoms with Gasteiger partial charge in [0.1, 0.15) is 5.70 Å². The molecule has 0 saturated heterocycles. The summed E-state index contributed by atoms with van der Waals surface area (Å²) in [5, 5.41) is 3.64. The number of benzene rings is 3. The molecule has 0 atom stereocenters. The van der Waals surface area contributed by atoms with Crippen LogP contribution in [0.1, 0.15) is 11.1 Å². The van der Waals surface area contributed by atoms with E-state index in [1.165, 1.54) is 0 Å². The standard InChI is InChI=1S/C25H22ClN3O2/c1-16-7-9-17(10-8-16)22-23(27-19-11-13-20(14-12-19)28(2)3)25(31)29(24(22)30)21-6-4-5-18(26)15-21/h4-15,27H,1-3H3. The Morgan fingerprint density at radius 3 is 2.16 bits per heavy atom. The Bertz CT molecular complexity index is 1180. The topological polar surface area (TPSA) is 52.7 Å². The first-order chi connectivity index (χ1) is 14.8. The van der Waals surface area contributed by atoms with Crippen molar-refractivity contribution in [3.8, 4) is 0 Å². The van der Waals surface area contributed by atoms with Crippen molar-refractivity contribution in [2.75, 3.05) is 29.2 Å². The summed E-state index contributed by atoms with van der Waals surface area (Å²) in [4.78, 5) is 30.0. The fourth-order valence-corrected chi connectivity index (χ4v) is 3.66. The van der Waals surface area contributed by atoms with Crippen LogP contribution >= 0.6 is 11.6 Å². The quantitative estimate of drug-likeness (QED) is 0.570. The zero-order valence-corrected chi connectivity index (χ0v) is 18.3. The molecule has 0 saturated carbocycles. The number of imide groups is 1. The van der Waals surface area contributed by atoms with Gasteiger partial charge in [0.2, 0.25) is 0 Å². The molecule has 156 valence electrons. The van der Waals surface area contributed by atoms with Crippen LogP contribution in [0.2, 0.25) is 5.02 Å². The van der Waals surface area contributed by atoms with Gasteiger partial charge in [-0.15, -0.1) is 0 Å². The first kappa shape index (κ1) is 20.7. The number of hydrogen-bond donors (Lipinski definition) is 1. The molecule has 0 fully saturated rings. The minimum Gasteiger partial charge on any atom is -0.378 e. The van der Waals surface area contributed by atoms with Gasteiger partial charge < -0.3 is 10.2 Å². The van der Waals surface area contributed by atoms with Crippen LogP contribution < -0.4 is 15.1 Å². The molecule has 3 aromatic rings. The van der Waals surface area contributed by atoms with Crippen molar-refractivity contribution in [2.24, 2.45) is 0 Å². The Hall–Kier alpha value is -3.57. The molecule has 6 heteroatoms. The van der Waals surface area contributed by atoms with Crippen LogP contribution in [0.25, 0.3) is 5.57 Å². The number of aryl methyl sites for hydroxylation is 1. The monoisotopic (exact) mass is 431 g/mol. The number of hydrogen-bond acceptors (Lipinski definition) is 4. The molecule has 1 aliphatic rings. The van der Waals surface area contributed by atoms with Gasteiger partial charge in [-0.1, -0.05) is 47.5 Å². The van der Waals surface area contributed by atoms with E-state index in [4.69, 9.17) is 11.6 Å². The summed E-state index contributed by atoms with van der Waals surface area (Å²) in [7, 11) is 3.92. The van der Waals surface area contributed by atoms with Gasteiger partial charge in [0.25, 0.3) is 11.8 Å². The van der Waals surface area contributed by atoms with Crippen LogP contribution in [0, 0.1) is 6.92 Å². The second kappa shape index (κ2) is 8.28. The van der Waals surface area contributed by atoms with Crippen molar-refractivity contribution in [2.45, 2.75) is 6.92 Å². The van der Waals surface area contributed by atoms with Gasteiger partial charge >= 0.3 is 0 Å². The van der Waals surface area contributed by atoms with Gasteiger partial charge in [-0.05, 0) is 55.0 Å². The number of carbonyl (C=O) groups excluding carboxylic acids is 2. The lowest BCUT2D eigenvalue weighted by atomic mass is 10.0. The molecule has 0 aliphatic carbocycles. The maximum absolute atomic E-state index is 13.4. The zero-order chi connectivity index (χ0) is 22.1. The summed E-state index contributed by atoms with van der Waals surface area (Å²) in [6.45, 7) is 1.98. The van der Waals surface area contributed by atoms with E-state index in [-0.39, 0.29) is 11.6 Å². The van der Waals surface area contributed by atoms with Crippen molar-refractivity contribution in [1.29, 1.82) is 0 Å². The molecule has 3 aromatic carbocycles. The highest BCUT2D eigenvalue weighted by atomic mass is 35.5. The molecule has 0 bridgehead atoms. The Morgan fingerprint density at radius 1 is 0.871 bits per heavy atom. The number of anilines is 3. The summed E-state index contributed by atoms with van der Waals surface area (Å²) in [5.74, 6) is -0.803. The van der Waals surface area contributed by atoms with Gasteiger partial charge in [0, 0.05) is 30.5 Å². The third kappa shape index (κ3) is 4.05. The number of nitrogens with zero attached hydrogens (tertiary/aromatic N) is 2. The Morgan fingerprint density at radius 2 is 1.55 bits per heavy atom. The number of amides is 2. The van der Waals surface area contributed by atoms with E-state index in [0.717, 1.165) is 21.8 Å². The first-order valence-corrected chi connectivity index (χ1v) is 10.2. The van der Waals surface area contributed by atoms with E-state index in [0.29, 0.717) is 21.8 Å². The van der Waals surface area contributed by atoms with E-state index in [1.807, 2.05) is 74.4 Å². The summed E-state index contributed by atoms with van der Waals surface area (Å²) >= 11 is 6.11. The van der Waals surface area contributed by atoms with Crippen molar-refractivity contribution < 1.29 is 9.59 Å². The summed E-state index contributed by atoms with van der Waals surface area (Å²) in [6.07, 6.45) is 0. The number of nitrogens with one attached hydrogen (secondary N) is 1. The van der Waals surface area contributed by atoms with Gasteiger partial charge in [-0.25, -0.2) is 4.90 Å². The predicted octanol–water partition coefficient (Wildman–Crippen LogP) is 5.11. The maximum Gasteiger partial charge on any atom is 0.282 e. The zero-order valence-electron chi connectivity index (χ0n) is 17.5. The van der Waals surface area contributed by atoms with E-state index in [1.54, 1.807) is 24.3 Å². The normalized spacial score (nSPS) is 13.7. The molecule has 5 nitrogen and oxygen atoms in total. The van der Waals surface area contributed by atoms with Crippen LogP contribution in [-0.2, 0) is 9.59 Å². The van der Waals surface area contributed by atoms with Crippen LogP contribution in [0.5, 0.6) is 0 Å². The molecule has 0 unspecified atom stereocenters. The van der Waals surface area contributed by atoms with Crippen molar-refractivity contribution >= 4 is 46.1 Å². The third-order valence-electron chi connectivity index (χ3n) is 5.14. The van der Waals surface area contributed by atoms with Gasteiger partial charge in [0.15, 0.2) is 0 Å². The van der Waals surface area contributed by atoms with Crippen molar-refractivity contribution in [3.05, 3.63) is 94.6 Å². The average Bonchev–Trinajstić information content (AvgIpc) is 2.98. The molecule has 4 rings (SSSR count). The summed E-state index contributed by atoms with van der Waals surface area (Å²) in [6, 6.07) is 21.9. The maximum atomic E-state index is 13.4. The van der Waals surface area contributed by atoms with Crippen LogP contribution in [0.4, 0.5) is 17.1 Å². The van der Waals surface area contributed by atoms with E-state index in [2.05, 4.69) is 5.32 Å². The highest BCUT2D eigenvalue weighted by Crippen LogP contribution is 2.34. The molecule has 0 radical (unpaired) electrons. The fourth-order valence-electron chi connectivity index (χ4n) is 3.47. The van der Waals surface area contributed by atoms with Crippen molar-refractivity contribution in [1.82, 2.24) is 0 Å². The van der Waals surface area contributed by atoms with E-state index >= 15 is 0 Å². The van der Waals surface area contributed by atoms with Gasteiger partial charge in [-0.2, -0.15) is 0 Å². The molecule has 2 amide bonds. The lowest BCUT2D eigenvalue weighted by Crippen LogP contribution is -2.32. The van der Waals surface area contributed by atoms with Crippen LogP contribution in [0.3, 0.4) is 0 Å². The molecule has 0 aromatic heterocycles. The first-order valence-electron chi connectivity index (χ1n) is 9.85. The van der Waals surface area contributed by atoms with Crippen molar-refractivity contribution in [3.63, 3.8) is 0 Å². The Labute approximate surface area is 186 Å².